The van der Waals surface area contributed by atoms with Crippen molar-refractivity contribution in [2.45, 2.75) is 4.90 Å². The van der Waals surface area contributed by atoms with Gasteiger partial charge in [0.25, 0.3) is 5.91 Å². The third-order valence-electron chi connectivity index (χ3n) is 6.97. The Bertz CT molecular complexity index is 1680. The Kier molecular flexibility index (Phi) is 10.4. The van der Waals surface area contributed by atoms with Crippen molar-refractivity contribution in [1.82, 2.24) is 19.6 Å². The lowest BCUT2D eigenvalue weighted by Gasteiger charge is -2.35. The molecule has 2 heterocycles. The van der Waals surface area contributed by atoms with Gasteiger partial charge in [-0.1, -0.05) is 30.3 Å². The van der Waals surface area contributed by atoms with Crippen LogP contribution in [-0.4, -0.2) is 66.4 Å². The van der Waals surface area contributed by atoms with E-state index >= 15 is 0 Å². The fourth-order valence-electron chi connectivity index (χ4n) is 4.65. The largest absolute Gasteiger partial charge is 0.494 e. The van der Waals surface area contributed by atoms with E-state index in [2.05, 4.69) is 47.0 Å². The van der Waals surface area contributed by atoms with Gasteiger partial charge in [-0.2, -0.15) is 4.98 Å². The lowest BCUT2D eigenvalue weighted by molar-refractivity contribution is -0.111. The van der Waals surface area contributed by atoms with Crippen LogP contribution in [0.1, 0.15) is 10.4 Å². The molecule has 11 nitrogen and oxygen atoms in total. The number of piperazine rings is 1. The second-order valence-corrected chi connectivity index (χ2v) is 11.5. The zero-order valence-corrected chi connectivity index (χ0v) is 26.4. The third kappa shape index (κ3) is 8.04. The predicted molar refractivity (Wildman–Crippen MR) is 181 cm³/mol. The first-order valence-corrected chi connectivity index (χ1v) is 15.3. The average Bonchev–Trinajstić information content (AvgIpc) is 3.07. The Morgan fingerprint density at radius 3 is 2.47 bits per heavy atom. The summed E-state index contributed by atoms with van der Waals surface area (Å²) in [6, 6.07) is 20.9. The molecule has 4 N–H and O–H groups in total. The van der Waals surface area contributed by atoms with Gasteiger partial charge in [0.1, 0.15) is 10.8 Å². The number of ether oxygens (including phenoxy) is 1. The molecule has 5 rings (SSSR count). The summed E-state index contributed by atoms with van der Waals surface area (Å²) in [4.78, 5) is 36.1. The minimum atomic E-state index is -0.228. The Hall–Kier alpha value is -4.78. The Labute approximate surface area is 271 Å². The van der Waals surface area contributed by atoms with Crippen molar-refractivity contribution >= 4 is 69.9 Å². The van der Waals surface area contributed by atoms with E-state index in [0.29, 0.717) is 39.5 Å². The summed E-state index contributed by atoms with van der Waals surface area (Å²) in [5.74, 6) is 0.855. The summed E-state index contributed by atoms with van der Waals surface area (Å²) < 4.78 is 8.05. The first-order chi connectivity index (χ1) is 21.9. The van der Waals surface area contributed by atoms with Crippen LogP contribution in [0.15, 0.2) is 90.5 Å². The molecule has 45 heavy (non-hydrogen) atoms. The van der Waals surface area contributed by atoms with Crippen LogP contribution < -0.4 is 30.9 Å². The van der Waals surface area contributed by atoms with E-state index in [0.717, 1.165) is 42.4 Å². The molecule has 1 aliphatic heterocycles. The van der Waals surface area contributed by atoms with Crippen LogP contribution in [0.4, 0.5) is 34.5 Å². The quantitative estimate of drug-likeness (QED) is 0.115. The van der Waals surface area contributed by atoms with Crippen molar-refractivity contribution in [3.63, 3.8) is 0 Å². The maximum Gasteiger partial charge on any atom is 0.253 e. The topological polar surface area (TPSA) is 124 Å². The highest BCUT2D eigenvalue weighted by Crippen LogP contribution is 2.34. The first-order valence-electron chi connectivity index (χ1n) is 14.1. The molecule has 0 saturated carbocycles. The average molecular weight is 645 g/mol. The fraction of sp³-hybridized carbons (Fsp3) is 0.188. The standard InChI is InChI=1S/C32H33ClN8O3S/c1-4-29(42)36-21-9-12-23(13-10-21)45-41-17-15-40(16-18-41)22-11-14-27(28(19-22)44-3)38-32-35-20-25(33)30(39-32)37-26-8-6-5-7-24(26)31(43)34-2/h4-14,19-20H,1,15-18H2,2-3H3,(H,34,43)(H,36,42)(H2,35,37,38,39). The van der Waals surface area contributed by atoms with Gasteiger partial charge in [-0.05, 0) is 66.6 Å². The van der Waals surface area contributed by atoms with Crippen molar-refractivity contribution in [1.29, 1.82) is 0 Å². The number of carbonyl (C=O) groups excluding carboxylic acids is 2. The lowest BCUT2D eigenvalue weighted by Crippen LogP contribution is -2.43. The van der Waals surface area contributed by atoms with E-state index in [1.807, 2.05) is 48.5 Å². The Morgan fingerprint density at radius 1 is 1.00 bits per heavy atom. The number of carbonyl (C=O) groups is 2. The number of halogens is 1. The summed E-state index contributed by atoms with van der Waals surface area (Å²) >= 11 is 8.10. The number of nitrogens with zero attached hydrogens (tertiary/aromatic N) is 4. The van der Waals surface area contributed by atoms with E-state index in [-0.39, 0.29) is 11.8 Å². The molecule has 0 bridgehead atoms. The van der Waals surface area contributed by atoms with Crippen molar-refractivity contribution in [2.75, 3.05) is 61.2 Å². The molecule has 0 unspecified atom stereocenters. The van der Waals surface area contributed by atoms with Gasteiger partial charge in [0, 0.05) is 55.6 Å². The molecule has 1 aliphatic rings. The predicted octanol–water partition coefficient (Wildman–Crippen LogP) is 5.94. The van der Waals surface area contributed by atoms with Gasteiger partial charge < -0.3 is 30.9 Å². The number of rotatable bonds is 11. The van der Waals surface area contributed by atoms with Gasteiger partial charge in [-0.3, -0.25) is 9.59 Å². The molecule has 0 aliphatic carbocycles. The molecular weight excluding hydrogens is 612 g/mol. The summed E-state index contributed by atoms with van der Waals surface area (Å²) in [5, 5.41) is 12.1. The summed E-state index contributed by atoms with van der Waals surface area (Å²) in [5.41, 5.74) is 3.52. The van der Waals surface area contributed by atoms with E-state index < -0.39 is 0 Å². The highest BCUT2D eigenvalue weighted by Gasteiger charge is 2.20. The van der Waals surface area contributed by atoms with Crippen LogP contribution in [0, 0.1) is 0 Å². The molecule has 0 atom stereocenters. The molecule has 2 amide bonds. The number of para-hydroxylation sites is 1. The van der Waals surface area contributed by atoms with E-state index in [9.17, 15) is 9.59 Å². The van der Waals surface area contributed by atoms with Crippen molar-refractivity contribution < 1.29 is 14.3 Å². The minimum Gasteiger partial charge on any atom is -0.494 e. The number of methoxy groups -OCH3 is 1. The number of anilines is 6. The zero-order valence-electron chi connectivity index (χ0n) is 24.8. The van der Waals surface area contributed by atoms with Crippen LogP contribution in [0.25, 0.3) is 0 Å². The van der Waals surface area contributed by atoms with Crippen LogP contribution >= 0.6 is 23.5 Å². The second-order valence-electron chi connectivity index (χ2n) is 9.87. The first kappa shape index (κ1) is 31.6. The van der Waals surface area contributed by atoms with Gasteiger partial charge in [0.15, 0.2) is 5.82 Å². The van der Waals surface area contributed by atoms with Crippen LogP contribution in [0.3, 0.4) is 0 Å². The minimum absolute atomic E-state index is 0.228. The summed E-state index contributed by atoms with van der Waals surface area (Å²) in [6.45, 7) is 6.93. The van der Waals surface area contributed by atoms with Gasteiger partial charge >= 0.3 is 0 Å². The Morgan fingerprint density at radius 2 is 1.76 bits per heavy atom. The zero-order chi connectivity index (χ0) is 31.8. The van der Waals surface area contributed by atoms with Crippen LogP contribution in [0.5, 0.6) is 5.75 Å². The van der Waals surface area contributed by atoms with Gasteiger partial charge in [-0.25, -0.2) is 9.29 Å². The second kappa shape index (κ2) is 14.8. The smallest absolute Gasteiger partial charge is 0.253 e. The molecule has 1 saturated heterocycles. The van der Waals surface area contributed by atoms with Crippen LogP contribution in [0.2, 0.25) is 5.02 Å². The maximum absolute atomic E-state index is 12.3. The number of nitrogens with one attached hydrogen (secondary N) is 4. The third-order valence-corrected chi connectivity index (χ3v) is 8.36. The normalized spacial score (nSPS) is 13.1. The molecule has 4 aromatic rings. The molecule has 232 valence electrons. The van der Waals surface area contributed by atoms with Crippen LogP contribution in [-0.2, 0) is 4.79 Å². The molecule has 0 radical (unpaired) electrons. The molecule has 1 fully saturated rings. The summed E-state index contributed by atoms with van der Waals surface area (Å²) in [7, 11) is 3.20. The maximum atomic E-state index is 12.3. The molecule has 13 heteroatoms. The number of benzene rings is 3. The number of hydrogen-bond acceptors (Lipinski definition) is 10. The number of aromatic nitrogens is 2. The van der Waals surface area contributed by atoms with E-state index in [1.54, 1.807) is 44.3 Å². The SMILES string of the molecule is C=CC(=O)Nc1ccc(SN2CCN(c3ccc(Nc4ncc(Cl)c(Nc5ccccc5C(=O)NC)n4)c(OC)c3)CC2)cc1. The fourth-order valence-corrected chi connectivity index (χ4v) is 5.69. The van der Waals surface area contributed by atoms with Crippen molar-refractivity contribution in [2.24, 2.45) is 0 Å². The van der Waals surface area contributed by atoms with Crippen molar-refractivity contribution in [3.05, 3.63) is 96.2 Å². The molecule has 3 aromatic carbocycles. The molecule has 1 aromatic heterocycles. The number of hydrogen-bond donors (Lipinski definition) is 4. The summed E-state index contributed by atoms with van der Waals surface area (Å²) in [6.07, 6.45) is 2.75. The number of amides is 2. The monoisotopic (exact) mass is 644 g/mol. The highest BCUT2D eigenvalue weighted by atomic mass is 35.5. The van der Waals surface area contributed by atoms with Gasteiger partial charge in [0.05, 0.1) is 30.2 Å². The van der Waals surface area contributed by atoms with E-state index in [4.69, 9.17) is 16.3 Å². The lowest BCUT2D eigenvalue weighted by atomic mass is 10.1. The van der Waals surface area contributed by atoms with Gasteiger partial charge in [0.2, 0.25) is 11.9 Å². The molecule has 0 spiro atoms. The highest BCUT2D eigenvalue weighted by molar-refractivity contribution is 7.97. The Balaban J connectivity index is 1.21. The van der Waals surface area contributed by atoms with Gasteiger partial charge in [-0.15, -0.1) is 0 Å². The van der Waals surface area contributed by atoms with E-state index in [1.165, 1.54) is 12.3 Å². The molecular formula is C32H33ClN8O3S. The van der Waals surface area contributed by atoms with Crippen molar-refractivity contribution in [3.8, 4) is 5.75 Å².